The van der Waals surface area contributed by atoms with Gasteiger partial charge in [0.15, 0.2) is 0 Å². The van der Waals surface area contributed by atoms with Crippen LogP contribution in [0.5, 0.6) is 5.75 Å². The molecule has 2 saturated carbocycles. The third kappa shape index (κ3) is 3.90. The molecule has 11 heteroatoms. The van der Waals surface area contributed by atoms with E-state index in [1.165, 1.54) is 0 Å². The number of rotatable bonds is 4. The van der Waals surface area contributed by atoms with E-state index < -0.39 is 38.3 Å². The van der Waals surface area contributed by atoms with Gasteiger partial charge in [0.2, 0.25) is 0 Å². The van der Waals surface area contributed by atoms with Gasteiger partial charge >= 0.3 is 20.6 Å². The minimum atomic E-state index is -4.24. The number of hydrogen-bond donors (Lipinski definition) is 2. The van der Waals surface area contributed by atoms with Crippen LogP contribution in [0, 0.1) is 17.3 Å². The summed E-state index contributed by atoms with van der Waals surface area (Å²) in [6, 6.07) is 5.14. The third-order valence-electron chi connectivity index (χ3n) is 7.04. The smallest absolute Gasteiger partial charge is 0.371 e. The fraction of sp³-hybridized carbons (Fsp3) is 0.667. The van der Waals surface area contributed by atoms with Crippen LogP contribution in [0.2, 0.25) is 0 Å². The van der Waals surface area contributed by atoms with Gasteiger partial charge in [-0.3, -0.25) is 4.18 Å². The van der Waals surface area contributed by atoms with Gasteiger partial charge in [0.25, 0.3) is 0 Å². The molecule has 8 nitrogen and oxygen atoms in total. The number of alkyl halides is 1. The second kappa shape index (κ2) is 6.88. The zero-order valence-corrected chi connectivity index (χ0v) is 17.6. The van der Waals surface area contributed by atoms with Crippen molar-refractivity contribution in [3.05, 3.63) is 29.3 Å². The Balaban J connectivity index is 1.62. The van der Waals surface area contributed by atoms with Crippen LogP contribution in [0.4, 0.5) is 4.39 Å². The molecule has 4 rings (SSSR count). The summed E-state index contributed by atoms with van der Waals surface area (Å²) in [4.78, 5) is 0. The maximum Gasteiger partial charge on any atom is 0.380 e. The minimum Gasteiger partial charge on any atom is -0.371 e. The highest BCUT2D eigenvalue weighted by molar-refractivity contribution is 7.84. The summed E-state index contributed by atoms with van der Waals surface area (Å²) in [6.45, 7) is 1.90. The molecule has 4 N–H and O–H groups in total. The van der Waals surface area contributed by atoms with Gasteiger partial charge in [-0.2, -0.15) is 22.0 Å². The maximum absolute atomic E-state index is 14.8. The SMILES string of the molecule is C[C@]12CC[C@@H]3c4ccc(OS(N)(=O)=O)cc4CC[C@H]3[C@@H]1C[C@@H](F)[C@@H]2OS(N)(=O)=O. The average Bonchev–Trinajstić information content (AvgIpc) is 2.83. The van der Waals surface area contributed by atoms with Crippen LogP contribution in [0.15, 0.2) is 18.2 Å². The van der Waals surface area contributed by atoms with Crippen LogP contribution in [0.1, 0.15) is 49.7 Å². The maximum atomic E-state index is 14.8. The largest absolute Gasteiger partial charge is 0.380 e. The van der Waals surface area contributed by atoms with Gasteiger partial charge in [0.1, 0.15) is 18.0 Å². The number of fused-ring (bicyclic) bond motifs is 5. The van der Waals surface area contributed by atoms with E-state index in [1.807, 2.05) is 13.0 Å². The van der Waals surface area contributed by atoms with Crippen molar-refractivity contribution >= 4 is 20.6 Å². The zero-order valence-electron chi connectivity index (χ0n) is 16.0. The monoisotopic (exact) mass is 448 g/mol. The van der Waals surface area contributed by atoms with Crippen LogP contribution in [0.3, 0.4) is 0 Å². The summed E-state index contributed by atoms with van der Waals surface area (Å²) < 4.78 is 69.8. The number of hydrogen-bond acceptors (Lipinski definition) is 6. The third-order valence-corrected chi connectivity index (χ3v) is 7.94. The molecule has 2 fully saturated rings. The predicted octanol–water partition coefficient (Wildman–Crippen LogP) is 1.66. The molecule has 3 aliphatic carbocycles. The second-order valence-electron chi connectivity index (χ2n) is 8.66. The van der Waals surface area contributed by atoms with Crippen molar-refractivity contribution in [2.24, 2.45) is 27.5 Å². The molecule has 0 unspecified atom stereocenters. The highest BCUT2D eigenvalue weighted by Crippen LogP contribution is 2.62. The van der Waals surface area contributed by atoms with E-state index in [-0.39, 0.29) is 29.9 Å². The van der Waals surface area contributed by atoms with E-state index in [4.69, 9.17) is 18.6 Å². The summed E-state index contributed by atoms with van der Waals surface area (Å²) in [6.07, 6.45) is 0.684. The van der Waals surface area contributed by atoms with Crippen molar-refractivity contribution in [1.29, 1.82) is 0 Å². The highest BCUT2D eigenvalue weighted by atomic mass is 32.2. The van der Waals surface area contributed by atoms with Crippen LogP contribution in [0.25, 0.3) is 0 Å². The Kier molecular flexibility index (Phi) is 4.97. The van der Waals surface area contributed by atoms with Crippen molar-refractivity contribution in [3.63, 3.8) is 0 Å². The number of benzene rings is 1. The average molecular weight is 449 g/mol. The van der Waals surface area contributed by atoms with Gasteiger partial charge in [-0.05, 0) is 73.1 Å². The Bertz CT molecular complexity index is 1030. The standard InChI is InChI=1S/C18H25FN2O6S2/c1-18-7-6-13-12-5-3-11(26-28(20,22)23)8-10(12)2-4-14(13)15(18)9-16(19)17(18)27-29(21,24)25/h3,5,8,13-17H,2,4,6-7,9H2,1H3,(H2,20,22,23)(H2,21,24,25)/t13-,14-,15+,16-,17+,18+/m1/s1. The molecule has 0 bridgehead atoms. The first-order valence-corrected chi connectivity index (χ1v) is 12.5. The van der Waals surface area contributed by atoms with Crippen molar-refractivity contribution in [2.45, 2.75) is 57.2 Å². The fourth-order valence-corrected chi connectivity index (χ4v) is 6.99. The Hall–Kier alpha value is -1.27. The summed E-state index contributed by atoms with van der Waals surface area (Å²) in [5.74, 6) is 0.549. The van der Waals surface area contributed by atoms with Gasteiger partial charge in [0.05, 0.1) is 0 Å². The summed E-state index contributed by atoms with van der Waals surface area (Å²) in [5, 5.41) is 9.97. The molecular formula is C18H25FN2O6S2. The molecule has 29 heavy (non-hydrogen) atoms. The summed E-state index contributed by atoms with van der Waals surface area (Å²) >= 11 is 0. The van der Waals surface area contributed by atoms with Gasteiger partial charge in [0, 0.05) is 5.41 Å². The Morgan fingerprint density at radius 2 is 1.86 bits per heavy atom. The molecule has 1 aromatic carbocycles. The first kappa shape index (κ1) is 21.0. The fourth-order valence-electron chi connectivity index (χ4n) is 5.98. The molecule has 1 aromatic rings. The lowest BCUT2D eigenvalue weighted by molar-refractivity contribution is -0.0195. The van der Waals surface area contributed by atoms with Gasteiger partial charge < -0.3 is 4.18 Å². The highest BCUT2D eigenvalue weighted by Gasteiger charge is 2.60. The van der Waals surface area contributed by atoms with Gasteiger partial charge in [-0.15, -0.1) is 0 Å². The molecule has 0 saturated heterocycles. The van der Waals surface area contributed by atoms with Crippen LogP contribution in [-0.2, 0) is 31.2 Å². The summed E-state index contributed by atoms with van der Waals surface area (Å²) in [5.41, 5.74) is 1.51. The van der Waals surface area contributed by atoms with Crippen molar-refractivity contribution in [2.75, 3.05) is 0 Å². The molecule has 6 atom stereocenters. The van der Waals surface area contributed by atoms with E-state index in [2.05, 4.69) is 0 Å². The molecule has 0 aliphatic heterocycles. The van der Waals surface area contributed by atoms with Crippen LogP contribution < -0.4 is 14.5 Å². The van der Waals surface area contributed by atoms with E-state index in [0.717, 1.165) is 24.0 Å². The quantitative estimate of drug-likeness (QED) is 0.718. The lowest BCUT2D eigenvalue weighted by Gasteiger charge is -2.50. The molecule has 0 radical (unpaired) electrons. The lowest BCUT2D eigenvalue weighted by Crippen LogP contribution is -2.46. The molecule has 162 valence electrons. The summed E-state index contributed by atoms with van der Waals surface area (Å²) in [7, 11) is -8.33. The number of nitrogens with two attached hydrogens (primary N) is 2. The van der Waals surface area contributed by atoms with Crippen molar-refractivity contribution in [3.8, 4) is 5.75 Å². The van der Waals surface area contributed by atoms with Crippen LogP contribution in [-0.4, -0.2) is 29.1 Å². The van der Waals surface area contributed by atoms with E-state index in [9.17, 15) is 21.2 Å². The van der Waals surface area contributed by atoms with E-state index in [0.29, 0.717) is 12.8 Å². The first-order chi connectivity index (χ1) is 13.4. The molecule has 0 spiro atoms. The van der Waals surface area contributed by atoms with E-state index >= 15 is 0 Å². The molecule has 3 aliphatic rings. The molecule has 0 heterocycles. The minimum absolute atomic E-state index is 0.0171. The van der Waals surface area contributed by atoms with Gasteiger partial charge in [-0.25, -0.2) is 9.53 Å². The van der Waals surface area contributed by atoms with Crippen molar-refractivity contribution < 1.29 is 29.6 Å². The van der Waals surface area contributed by atoms with Crippen LogP contribution >= 0.6 is 0 Å². The number of halogens is 1. The zero-order chi connectivity index (χ0) is 21.2. The molecular weight excluding hydrogens is 423 g/mol. The topological polar surface area (TPSA) is 139 Å². The Morgan fingerprint density at radius 3 is 2.52 bits per heavy atom. The number of aryl methyl sites for hydroxylation is 1. The molecule has 0 aromatic heterocycles. The van der Waals surface area contributed by atoms with Gasteiger partial charge in [-0.1, -0.05) is 13.0 Å². The normalized spacial score (nSPS) is 36.8. The Morgan fingerprint density at radius 1 is 1.14 bits per heavy atom. The first-order valence-electron chi connectivity index (χ1n) is 9.57. The van der Waals surface area contributed by atoms with E-state index in [1.54, 1.807) is 12.1 Å². The lowest BCUT2D eigenvalue weighted by atomic mass is 9.55. The predicted molar refractivity (Wildman–Crippen MR) is 103 cm³/mol. The Labute approximate surface area is 170 Å². The van der Waals surface area contributed by atoms with Crippen molar-refractivity contribution in [1.82, 2.24) is 0 Å². The molecule has 0 amide bonds. The second-order valence-corrected chi connectivity index (χ2v) is 11.0.